The Balaban J connectivity index is 1.47. The topological polar surface area (TPSA) is 78.9 Å². The molecule has 1 amide bonds. The highest BCUT2D eigenvalue weighted by Crippen LogP contribution is 2.33. The molecule has 2 aliphatic carbocycles. The van der Waals surface area contributed by atoms with E-state index in [1.807, 2.05) is 38.1 Å². The zero-order valence-electron chi connectivity index (χ0n) is 16.2. The lowest BCUT2D eigenvalue weighted by Crippen LogP contribution is -2.57. The summed E-state index contributed by atoms with van der Waals surface area (Å²) in [6.07, 6.45) is 4.13. The van der Waals surface area contributed by atoms with Crippen molar-refractivity contribution in [3.63, 3.8) is 0 Å². The van der Waals surface area contributed by atoms with Gasteiger partial charge in [-0.3, -0.25) is 14.5 Å². The Morgan fingerprint density at radius 3 is 2.67 bits per heavy atom. The van der Waals surface area contributed by atoms with Crippen molar-refractivity contribution >= 4 is 11.9 Å². The maximum atomic E-state index is 12.6. The Morgan fingerprint density at radius 2 is 2.07 bits per heavy atom. The molecule has 0 radical (unpaired) electrons. The highest BCUT2D eigenvalue weighted by Gasteiger charge is 2.38. The summed E-state index contributed by atoms with van der Waals surface area (Å²) < 4.78 is 5.86. The number of carboxylic acid groups (broad SMARTS) is 1. The fourth-order valence-corrected chi connectivity index (χ4v) is 3.62. The fourth-order valence-electron chi connectivity index (χ4n) is 3.62. The number of rotatable bonds is 10. The molecule has 1 aromatic carbocycles. The van der Waals surface area contributed by atoms with Crippen LogP contribution >= 0.6 is 0 Å². The first-order chi connectivity index (χ1) is 12.9. The lowest BCUT2D eigenvalue weighted by Gasteiger charge is -2.43. The number of nitrogens with one attached hydrogen (secondary N) is 1. The molecule has 27 heavy (non-hydrogen) atoms. The molecule has 3 rings (SSSR count). The van der Waals surface area contributed by atoms with Gasteiger partial charge in [0.25, 0.3) is 5.91 Å². The number of carbonyl (C=O) groups is 2. The van der Waals surface area contributed by atoms with Crippen LogP contribution in [0.4, 0.5) is 0 Å². The SMILES string of the molecule is CCC(Oc1cccc(C)c1)C(=O)NC1CC(N(CC(=O)O)CC2CC2)C1. The van der Waals surface area contributed by atoms with E-state index in [0.717, 1.165) is 24.9 Å². The summed E-state index contributed by atoms with van der Waals surface area (Å²) in [5, 5.41) is 12.2. The maximum Gasteiger partial charge on any atom is 0.317 e. The van der Waals surface area contributed by atoms with Crippen LogP contribution in [0, 0.1) is 12.8 Å². The molecule has 2 saturated carbocycles. The largest absolute Gasteiger partial charge is 0.481 e. The first-order valence-electron chi connectivity index (χ1n) is 9.94. The van der Waals surface area contributed by atoms with Gasteiger partial charge in [-0.1, -0.05) is 19.1 Å². The predicted octanol–water partition coefficient (Wildman–Crippen LogP) is 2.60. The zero-order valence-corrected chi connectivity index (χ0v) is 16.2. The van der Waals surface area contributed by atoms with Crippen molar-refractivity contribution in [1.82, 2.24) is 10.2 Å². The van der Waals surface area contributed by atoms with Crippen LogP contribution in [-0.4, -0.2) is 53.2 Å². The van der Waals surface area contributed by atoms with Gasteiger partial charge in [-0.15, -0.1) is 0 Å². The van der Waals surface area contributed by atoms with E-state index in [2.05, 4.69) is 10.2 Å². The van der Waals surface area contributed by atoms with Crippen molar-refractivity contribution in [2.24, 2.45) is 5.92 Å². The first-order valence-corrected chi connectivity index (χ1v) is 9.94. The van der Waals surface area contributed by atoms with Gasteiger partial charge in [-0.2, -0.15) is 0 Å². The Hall–Kier alpha value is -2.08. The molecule has 1 aromatic rings. The molecule has 2 fully saturated rings. The van der Waals surface area contributed by atoms with Crippen molar-refractivity contribution in [3.05, 3.63) is 29.8 Å². The molecule has 2 N–H and O–H groups in total. The predicted molar refractivity (Wildman–Crippen MR) is 103 cm³/mol. The number of carboxylic acids is 1. The average molecular weight is 374 g/mol. The average Bonchev–Trinajstić information content (AvgIpc) is 3.38. The van der Waals surface area contributed by atoms with Gasteiger partial charge in [0, 0.05) is 18.6 Å². The maximum absolute atomic E-state index is 12.6. The van der Waals surface area contributed by atoms with Crippen LogP contribution in [0.1, 0.15) is 44.6 Å². The molecular weight excluding hydrogens is 344 g/mol. The molecule has 2 aliphatic rings. The number of amides is 1. The number of benzene rings is 1. The number of hydrogen-bond donors (Lipinski definition) is 2. The second-order valence-electron chi connectivity index (χ2n) is 7.93. The van der Waals surface area contributed by atoms with Gasteiger partial charge in [0.05, 0.1) is 6.54 Å². The molecule has 1 unspecified atom stereocenters. The number of carbonyl (C=O) groups excluding carboxylic acids is 1. The van der Waals surface area contributed by atoms with Crippen LogP contribution < -0.4 is 10.1 Å². The second kappa shape index (κ2) is 8.74. The molecule has 6 heteroatoms. The van der Waals surface area contributed by atoms with E-state index in [1.165, 1.54) is 12.8 Å². The summed E-state index contributed by atoms with van der Waals surface area (Å²) in [7, 11) is 0. The zero-order chi connectivity index (χ0) is 19.4. The quantitative estimate of drug-likeness (QED) is 0.658. The Bertz CT molecular complexity index is 668. The Labute approximate surface area is 160 Å². The van der Waals surface area contributed by atoms with Crippen LogP contribution in [0.15, 0.2) is 24.3 Å². The fraction of sp³-hybridized carbons (Fsp3) is 0.619. The molecular formula is C21H30N2O4. The molecule has 148 valence electrons. The summed E-state index contributed by atoms with van der Waals surface area (Å²) in [5.74, 6) is 0.501. The summed E-state index contributed by atoms with van der Waals surface area (Å²) >= 11 is 0. The third-order valence-electron chi connectivity index (χ3n) is 5.44. The van der Waals surface area contributed by atoms with Crippen molar-refractivity contribution in [2.75, 3.05) is 13.1 Å². The van der Waals surface area contributed by atoms with Gasteiger partial charge < -0.3 is 15.2 Å². The highest BCUT2D eigenvalue weighted by atomic mass is 16.5. The summed E-state index contributed by atoms with van der Waals surface area (Å²) in [6.45, 7) is 4.89. The molecule has 0 aliphatic heterocycles. The normalized spacial score (nSPS) is 22.8. The van der Waals surface area contributed by atoms with Crippen LogP contribution in [0.3, 0.4) is 0 Å². The van der Waals surface area contributed by atoms with Gasteiger partial charge in [-0.25, -0.2) is 0 Å². The first kappa shape index (κ1) is 19.7. The van der Waals surface area contributed by atoms with E-state index in [-0.39, 0.29) is 24.5 Å². The minimum absolute atomic E-state index is 0.0885. The third-order valence-corrected chi connectivity index (χ3v) is 5.44. The van der Waals surface area contributed by atoms with Gasteiger partial charge in [0.15, 0.2) is 6.10 Å². The van der Waals surface area contributed by atoms with Crippen LogP contribution in [0.5, 0.6) is 5.75 Å². The molecule has 0 heterocycles. The third kappa shape index (κ3) is 5.70. The smallest absolute Gasteiger partial charge is 0.317 e. The number of ether oxygens (including phenoxy) is 1. The van der Waals surface area contributed by atoms with E-state index in [0.29, 0.717) is 18.1 Å². The molecule has 1 atom stereocenters. The molecule has 6 nitrogen and oxygen atoms in total. The van der Waals surface area contributed by atoms with Gasteiger partial charge in [0.1, 0.15) is 5.75 Å². The van der Waals surface area contributed by atoms with E-state index >= 15 is 0 Å². The van der Waals surface area contributed by atoms with Gasteiger partial charge in [-0.05, 0) is 62.6 Å². The summed E-state index contributed by atoms with van der Waals surface area (Å²) in [6, 6.07) is 8.06. The second-order valence-corrected chi connectivity index (χ2v) is 7.93. The number of hydrogen-bond acceptors (Lipinski definition) is 4. The lowest BCUT2D eigenvalue weighted by molar-refractivity contribution is -0.140. The minimum atomic E-state index is -0.777. The van der Waals surface area contributed by atoms with Crippen molar-refractivity contribution in [1.29, 1.82) is 0 Å². The van der Waals surface area contributed by atoms with E-state index < -0.39 is 12.1 Å². The number of aliphatic carboxylic acids is 1. The van der Waals surface area contributed by atoms with Crippen LogP contribution in [0.25, 0.3) is 0 Å². The number of nitrogens with zero attached hydrogens (tertiary/aromatic N) is 1. The number of aryl methyl sites for hydroxylation is 1. The summed E-state index contributed by atoms with van der Waals surface area (Å²) in [4.78, 5) is 25.8. The van der Waals surface area contributed by atoms with Crippen molar-refractivity contribution < 1.29 is 19.4 Å². The van der Waals surface area contributed by atoms with Crippen LogP contribution in [0.2, 0.25) is 0 Å². The van der Waals surface area contributed by atoms with Gasteiger partial charge >= 0.3 is 5.97 Å². The molecule has 0 aromatic heterocycles. The van der Waals surface area contributed by atoms with E-state index in [9.17, 15) is 9.59 Å². The summed E-state index contributed by atoms with van der Waals surface area (Å²) in [5.41, 5.74) is 1.10. The molecule has 0 saturated heterocycles. The standard InChI is InChI=1S/C21H30N2O4/c1-3-19(27-18-6-4-5-14(2)9-18)21(26)22-16-10-17(11-16)23(13-20(24)25)12-15-7-8-15/h4-6,9,15-17,19H,3,7-8,10-13H2,1-2H3,(H,22,26)(H,24,25). The van der Waals surface area contributed by atoms with Crippen LogP contribution in [-0.2, 0) is 9.59 Å². The van der Waals surface area contributed by atoms with Crippen molar-refractivity contribution in [2.45, 2.75) is 64.1 Å². The lowest BCUT2D eigenvalue weighted by atomic mass is 9.85. The Kier molecular flexibility index (Phi) is 6.37. The Morgan fingerprint density at radius 1 is 1.33 bits per heavy atom. The monoisotopic (exact) mass is 374 g/mol. The van der Waals surface area contributed by atoms with E-state index in [4.69, 9.17) is 9.84 Å². The van der Waals surface area contributed by atoms with Crippen molar-refractivity contribution in [3.8, 4) is 5.75 Å². The molecule has 0 bridgehead atoms. The molecule has 0 spiro atoms. The van der Waals surface area contributed by atoms with E-state index in [1.54, 1.807) is 0 Å². The minimum Gasteiger partial charge on any atom is -0.481 e. The van der Waals surface area contributed by atoms with Gasteiger partial charge in [0.2, 0.25) is 0 Å². The highest BCUT2D eigenvalue weighted by molar-refractivity contribution is 5.81.